The van der Waals surface area contributed by atoms with Crippen molar-refractivity contribution in [3.63, 3.8) is 0 Å². The molecule has 4 aliphatic rings. The number of hydrogen-bond donors (Lipinski definition) is 1. The van der Waals surface area contributed by atoms with Crippen LogP contribution in [0.1, 0.15) is 68.2 Å². The first-order valence-electron chi connectivity index (χ1n) is 9.96. The molecule has 1 aromatic heterocycles. The monoisotopic (exact) mass is 338 g/mol. The van der Waals surface area contributed by atoms with Crippen LogP contribution in [0.5, 0.6) is 0 Å². The highest BCUT2D eigenvalue weighted by Gasteiger charge is 2.53. The molecule has 6 rings (SSSR count). The molecule has 2 aromatic rings. The van der Waals surface area contributed by atoms with Crippen molar-refractivity contribution in [1.29, 1.82) is 0 Å². The zero-order valence-electron chi connectivity index (χ0n) is 15.0. The molecule has 1 N–H and O–H groups in total. The number of aromatic amines is 1. The molecule has 4 saturated carbocycles. The number of aryl methyl sites for hydroxylation is 1. The minimum atomic E-state index is -0.174. The topological polar surface area (TPSA) is 28.7 Å². The first-order valence-corrected chi connectivity index (χ1v) is 9.96. The molecule has 0 atom stereocenters. The molecule has 0 amide bonds. The zero-order chi connectivity index (χ0) is 17.0. The summed E-state index contributed by atoms with van der Waals surface area (Å²) < 4.78 is 13.1. The molecule has 4 bridgehead atoms. The van der Waals surface area contributed by atoms with Gasteiger partial charge in [-0.25, -0.2) is 9.37 Å². The Morgan fingerprint density at radius 2 is 1.64 bits per heavy atom. The fourth-order valence-electron chi connectivity index (χ4n) is 6.44. The number of nitrogens with zero attached hydrogens (tertiary/aromatic N) is 1. The number of imidazole rings is 1. The van der Waals surface area contributed by atoms with Crippen molar-refractivity contribution < 1.29 is 4.39 Å². The van der Waals surface area contributed by atoms with Gasteiger partial charge in [-0.15, -0.1) is 0 Å². The summed E-state index contributed by atoms with van der Waals surface area (Å²) in [5.74, 6) is 3.69. The molecule has 0 saturated heterocycles. The summed E-state index contributed by atoms with van der Waals surface area (Å²) in [6.45, 7) is 2.24. The number of hydrogen-bond acceptors (Lipinski definition) is 1. The Kier molecular flexibility index (Phi) is 3.55. The van der Waals surface area contributed by atoms with Gasteiger partial charge in [0.15, 0.2) is 0 Å². The second kappa shape index (κ2) is 5.69. The molecule has 0 spiro atoms. The van der Waals surface area contributed by atoms with E-state index in [1.54, 1.807) is 12.1 Å². The van der Waals surface area contributed by atoms with Gasteiger partial charge in [-0.05, 0) is 80.4 Å². The van der Waals surface area contributed by atoms with Crippen LogP contribution in [-0.2, 0) is 18.3 Å². The van der Waals surface area contributed by atoms with Gasteiger partial charge in [-0.3, -0.25) is 0 Å². The number of halogens is 1. The number of aromatic nitrogens is 2. The lowest BCUT2D eigenvalue weighted by Gasteiger charge is -2.56. The van der Waals surface area contributed by atoms with Crippen LogP contribution in [0.25, 0.3) is 0 Å². The Morgan fingerprint density at radius 1 is 1.04 bits per heavy atom. The van der Waals surface area contributed by atoms with Crippen molar-refractivity contribution >= 4 is 0 Å². The molecule has 1 aromatic carbocycles. The van der Waals surface area contributed by atoms with Crippen LogP contribution in [0.15, 0.2) is 24.3 Å². The quantitative estimate of drug-likeness (QED) is 0.818. The second-order valence-electron chi connectivity index (χ2n) is 8.87. The third kappa shape index (κ3) is 2.63. The van der Waals surface area contributed by atoms with E-state index >= 15 is 0 Å². The van der Waals surface area contributed by atoms with E-state index in [4.69, 9.17) is 4.98 Å². The van der Waals surface area contributed by atoms with E-state index in [0.717, 1.165) is 42.0 Å². The van der Waals surface area contributed by atoms with E-state index in [-0.39, 0.29) is 5.82 Å². The summed E-state index contributed by atoms with van der Waals surface area (Å²) in [6, 6.07) is 6.82. The highest BCUT2D eigenvalue weighted by molar-refractivity contribution is 5.30. The highest BCUT2D eigenvalue weighted by atomic mass is 19.1. The molecule has 4 fully saturated rings. The molecule has 25 heavy (non-hydrogen) atoms. The molecule has 2 nitrogen and oxygen atoms in total. The molecular weight excluding hydrogens is 311 g/mol. The molecule has 0 aliphatic heterocycles. The van der Waals surface area contributed by atoms with Crippen LogP contribution in [0.4, 0.5) is 4.39 Å². The van der Waals surface area contributed by atoms with E-state index in [9.17, 15) is 4.39 Å². The highest BCUT2D eigenvalue weighted by Crippen LogP contribution is 2.60. The zero-order valence-corrected chi connectivity index (χ0v) is 15.0. The third-order valence-electron chi connectivity index (χ3n) is 7.01. The minimum absolute atomic E-state index is 0.174. The molecule has 1 heterocycles. The molecule has 132 valence electrons. The van der Waals surface area contributed by atoms with Gasteiger partial charge in [0.25, 0.3) is 0 Å². The first-order chi connectivity index (χ1) is 12.1. The van der Waals surface area contributed by atoms with Gasteiger partial charge >= 0.3 is 0 Å². The van der Waals surface area contributed by atoms with Crippen molar-refractivity contribution in [2.75, 3.05) is 0 Å². The Hall–Kier alpha value is -1.64. The van der Waals surface area contributed by atoms with Crippen molar-refractivity contribution in [2.24, 2.45) is 17.8 Å². The van der Waals surface area contributed by atoms with Gasteiger partial charge in [-0.2, -0.15) is 0 Å². The van der Waals surface area contributed by atoms with E-state index in [2.05, 4.69) is 11.9 Å². The predicted octanol–water partition coefficient (Wildman–Crippen LogP) is 5.17. The fourth-order valence-corrected chi connectivity index (χ4v) is 6.44. The SMILES string of the molecule is CCc1[nH]c(Cc2ccc(F)cc2)nc1C12CC3CC(CC(C3)C1)C2. The van der Waals surface area contributed by atoms with Gasteiger partial charge < -0.3 is 4.98 Å². The van der Waals surface area contributed by atoms with Crippen molar-refractivity contribution in [3.8, 4) is 0 Å². The number of nitrogens with one attached hydrogen (secondary N) is 1. The first kappa shape index (κ1) is 15.6. The Bertz CT molecular complexity index is 739. The molecule has 3 heteroatoms. The van der Waals surface area contributed by atoms with Gasteiger partial charge in [0.2, 0.25) is 0 Å². The lowest BCUT2D eigenvalue weighted by molar-refractivity contribution is -0.00745. The Labute approximate surface area is 149 Å². The fraction of sp³-hybridized carbons (Fsp3) is 0.591. The minimum Gasteiger partial charge on any atom is -0.345 e. The molecular formula is C22H27FN2. The summed E-state index contributed by atoms with van der Waals surface area (Å²) in [6.07, 6.45) is 10.2. The van der Waals surface area contributed by atoms with Crippen molar-refractivity contribution in [1.82, 2.24) is 9.97 Å². The normalized spacial score (nSPS) is 33.1. The average molecular weight is 338 g/mol. The van der Waals surface area contributed by atoms with Crippen LogP contribution in [-0.4, -0.2) is 9.97 Å². The smallest absolute Gasteiger partial charge is 0.123 e. The van der Waals surface area contributed by atoms with Crippen molar-refractivity contribution in [2.45, 2.75) is 63.7 Å². The second-order valence-corrected chi connectivity index (χ2v) is 8.87. The third-order valence-corrected chi connectivity index (χ3v) is 7.01. The predicted molar refractivity (Wildman–Crippen MR) is 97.0 cm³/mol. The molecule has 0 radical (unpaired) electrons. The van der Waals surface area contributed by atoms with E-state index in [0.29, 0.717) is 5.41 Å². The molecule has 4 aliphatic carbocycles. The van der Waals surface area contributed by atoms with Gasteiger partial charge in [0.05, 0.1) is 5.69 Å². The summed E-state index contributed by atoms with van der Waals surface area (Å²) in [5.41, 5.74) is 4.19. The van der Waals surface area contributed by atoms with E-state index < -0.39 is 0 Å². The number of benzene rings is 1. The maximum Gasteiger partial charge on any atom is 0.123 e. The number of H-pyrrole nitrogens is 1. The van der Waals surface area contributed by atoms with E-state index in [1.165, 1.54) is 49.9 Å². The lowest BCUT2D eigenvalue weighted by Crippen LogP contribution is -2.49. The summed E-state index contributed by atoms with van der Waals surface area (Å²) in [4.78, 5) is 8.75. The van der Waals surface area contributed by atoms with Crippen LogP contribution in [0, 0.1) is 23.6 Å². The standard InChI is InChI=1S/C22H27FN2/c1-2-19-21(22-11-15-7-16(12-22)9-17(8-15)13-22)25-20(24-19)10-14-3-5-18(23)6-4-14/h3-6,15-17H,2,7-13H2,1H3,(H,24,25). The van der Waals surface area contributed by atoms with Crippen LogP contribution in [0.2, 0.25) is 0 Å². The molecule has 0 unspecified atom stereocenters. The average Bonchev–Trinajstić information content (AvgIpc) is 3.00. The van der Waals surface area contributed by atoms with Crippen LogP contribution < -0.4 is 0 Å². The Morgan fingerprint density at radius 3 is 2.20 bits per heavy atom. The summed E-state index contributed by atoms with van der Waals surface area (Å²) >= 11 is 0. The van der Waals surface area contributed by atoms with E-state index in [1.807, 2.05) is 12.1 Å². The summed E-state index contributed by atoms with van der Waals surface area (Å²) in [7, 11) is 0. The van der Waals surface area contributed by atoms with Crippen LogP contribution in [0.3, 0.4) is 0 Å². The van der Waals surface area contributed by atoms with Gasteiger partial charge in [0, 0.05) is 17.5 Å². The Balaban J connectivity index is 1.47. The largest absolute Gasteiger partial charge is 0.345 e. The maximum atomic E-state index is 13.1. The van der Waals surface area contributed by atoms with Crippen LogP contribution >= 0.6 is 0 Å². The number of rotatable bonds is 4. The lowest BCUT2D eigenvalue weighted by atomic mass is 9.48. The van der Waals surface area contributed by atoms with Gasteiger partial charge in [-0.1, -0.05) is 19.1 Å². The summed E-state index contributed by atoms with van der Waals surface area (Å²) in [5, 5.41) is 0. The van der Waals surface area contributed by atoms with Crippen molar-refractivity contribution in [3.05, 3.63) is 52.9 Å². The maximum absolute atomic E-state index is 13.1. The van der Waals surface area contributed by atoms with Gasteiger partial charge in [0.1, 0.15) is 11.6 Å².